The minimum absolute atomic E-state index is 0.0183. The Kier molecular flexibility index (Phi) is 4.66. The van der Waals surface area contributed by atoms with Crippen molar-refractivity contribution in [1.29, 1.82) is 0 Å². The van der Waals surface area contributed by atoms with Gasteiger partial charge in [-0.3, -0.25) is 14.5 Å². The summed E-state index contributed by atoms with van der Waals surface area (Å²) in [5.74, 6) is -0.667. The number of piperazine rings is 1. The summed E-state index contributed by atoms with van der Waals surface area (Å²) < 4.78 is 0. The minimum Gasteiger partial charge on any atom is -0.481 e. The molecule has 0 radical (unpaired) electrons. The largest absolute Gasteiger partial charge is 0.481 e. The fourth-order valence-electron chi connectivity index (χ4n) is 3.64. The standard InChI is InChI=1S/C18H24N2O3/c1-13(11-17(21)22)19-7-9-20(10-8-19)18(23)16-6-5-14-3-2-4-15(14)12-16/h5-6,12-13H,2-4,7-11H2,1H3,(H,21,22). The molecule has 0 bridgehead atoms. The van der Waals surface area contributed by atoms with Crippen molar-refractivity contribution in [2.75, 3.05) is 26.2 Å². The van der Waals surface area contributed by atoms with E-state index in [9.17, 15) is 9.59 Å². The van der Waals surface area contributed by atoms with Gasteiger partial charge in [0.2, 0.25) is 0 Å². The number of hydrogen-bond donors (Lipinski definition) is 1. The van der Waals surface area contributed by atoms with Crippen molar-refractivity contribution >= 4 is 11.9 Å². The van der Waals surface area contributed by atoms with Crippen molar-refractivity contribution in [2.45, 2.75) is 38.6 Å². The number of aryl methyl sites for hydroxylation is 2. The summed E-state index contributed by atoms with van der Waals surface area (Å²) >= 11 is 0. The van der Waals surface area contributed by atoms with Crippen LogP contribution in [0.25, 0.3) is 0 Å². The smallest absolute Gasteiger partial charge is 0.304 e. The van der Waals surface area contributed by atoms with E-state index in [2.05, 4.69) is 17.0 Å². The molecule has 3 rings (SSSR count). The zero-order chi connectivity index (χ0) is 16.4. The highest BCUT2D eigenvalue weighted by Crippen LogP contribution is 2.23. The maximum absolute atomic E-state index is 12.7. The highest BCUT2D eigenvalue weighted by atomic mass is 16.4. The Balaban J connectivity index is 1.59. The van der Waals surface area contributed by atoms with Crippen LogP contribution in [0, 0.1) is 0 Å². The van der Waals surface area contributed by atoms with Crippen LogP contribution in [0.2, 0.25) is 0 Å². The summed E-state index contributed by atoms with van der Waals surface area (Å²) in [5.41, 5.74) is 3.50. The average Bonchev–Trinajstić information content (AvgIpc) is 3.01. The molecule has 1 N–H and O–H groups in total. The molecule has 1 aromatic carbocycles. The number of carbonyl (C=O) groups is 2. The third-order valence-corrected chi connectivity index (χ3v) is 5.04. The van der Waals surface area contributed by atoms with E-state index in [-0.39, 0.29) is 18.4 Å². The number of carbonyl (C=O) groups excluding carboxylic acids is 1. The molecule has 1 aliphatic carbocycles. The Bertz CT molecular complexity index is 606. The average molecular weight is 316 g/mol. The molecule has 1 saturated heterocycles. The molecule has 1 unspecified atom stereocenters. The van der Waals surface area contributed by atoms with Crippen LogP contribution < -0.4 is 0 Å². The molecular formula is C18H24N2O3. The van der Waals surface area contributed by atoms with Gasteiger partial charge < -0.3 is 10.0 Å². The van der Waals surface area contributed by atoms with Gasteiger partial charge in [-0.25, -0.2) is 0 Å². The lowest BCUT2D eigenvalue weighted by Crippen LogP contribution is -2.51. The highest BCUT2D eigenvalue weighted by Gasteiger charge is 2.26. The Hall–Kier alpha value is -1.88. The Morgan fingerprint density at radius 1 is 1.13 bits per heavy atom. The van der Waals surface area contributed by atoms with Crippen LogP contribution in [0.15, 0.2) is 18.2 Å². The maximum Gasteiger partial charge on any atom is 0.304 e. The molecule has 23 heavy (non-hydrogen) atoms. The minimum atomic E-state index is -0.769. The van der Waals surface area contributed by atoms with Crippen molar-refractivity contribution in [1.82, 2.24) is 9.80 Å². The molecule has 2 aliphatic rings. The van der Waals surface area contributed by atoms with Gasteiger partial charge in [0, 0.05) is 37.8 Å². The lowest BCUT2D eigenvalue weighted by Gasteiger charge is -2.37. The summed E-state index contributed by atoms with van der Waals surface area (Å²) in [4.78, 5) is 27.5. The van der Waals surface area contributed by atoms with Crippen LogP contribution in [0.4, 0.5) is 0 Å². The van der Waals surface area contributed by atoms with Gasteiger partial charge in [-0.2, -0.15) is 0 Å². The van der Waals surface area contributed by atoms with Crippen LogP contribution in [-0.2, 0) is 17.6 Å². The van der Waals surface area contributed by atoms with Crippen molar-refractivity contribution in [3.8, 4) is 0 Å². The fraction of sp³-hybridized carbons (Fsp3) is 0.556. The summed E-state index contributed by atoms with van der Waals surface area (Å²) in [5, 5.41) is 8.89. The zero-order valence-electron chi connectivity index (χ0n) is 13.6. The van der Waals surface area contributed by atoms with Crippen LogP contribution >= 0.6 is 0 Å². The van der Waals surface area contributed by atoms with Crippen LogP contribution in [0.3, 0.4) is 0 Å². The number of carboxylic acid groups (broad SMARTS) is 1. The van der Waals surface area contributed by atoms with E-state index < -0.39 is 5.97 Å². The predicted octanol–water partition coefficient (Wildman–Crippen LogP) is 1.80. The topological polar surface area (TPSA) is 60.9 Å². The van der Waals surface area contributed by atoms with Gasteiger partial charge in [0.05, 0.1) is 6.42 Å². The van der Waals surface area contributed by atoms with Gasteiger partial charge >= 0.3 is 5.97 Å². The molecule has 1 aliphatic heterocycles. The van der Waals surface area contributed by atoms with Gasteiger partial charge in [-0.1, -0.05) is 6.07 Å². The maximum atomic E-state index is 12.7. The summed E-state index contributed by atoms with van der Waals surface area (Å²) in [7, 11) is 0. The van der Waals surface area contributed by atoms with Gasteiger partial charge in [0.1, 0.15) is 0 Å². The summed E-state index contributed by atoms with van der Waals surface area (Å²) in [6.07, 6.45) is 3.55. The second-order valence-electron chi connectivity index (χ2n) is 6.61. The van der Waals surface area contributed by atoms with Crippen molar-refractivity contribution in [3.63, 3.8) is 0 Å². The molecular weight excluding hydrogens is 292 g/mol. The number of carboxylic acids is 1. The lowest BCUT2D eigenvalue weighted by atomic mass is 10.1. The first-order valence-corrected chi connectivity index (χ1v) is 8.41. The van der Waals surface area contributed by atoms with E-state index in [1.165, 1.54) is 17.5 Å². The van der Waals surface area contributed by atoms with Crippen molar-refractivity contribution in [2.24, 2.45) is 0 Å². The van der Waals surface area contributed by atoms with Crippen LogP contribution in [-0.4, -0.2) is 59.0 Å². The van der Waals surface area contributed by atoms with Crippen molar-refractivity contribution < 1.29 is 14.7 Å². The van der Waals surface area contributed by atoms with Crippen LogP contribution in [0.1, 0.15) is 41.3 Å². The number of benzene rings is 1. The second-order valence-corrected chi connectivity index (χ2v) is 6.61. The molecule has 0 spiro atoms. The summed E-state index contributed by atoms with van der Waals surface area (Å²) in [6.45, 7) is 4.75. The van der Waals surface area contributed by atoms with Crippen LogP contribution in [0.5, 0.6) is 0 Å². The number of fused-ring (bicyclic) bond motifs is 1. The normalized spacial score (nSPS) is 19.4. The predicted molar refractivity (Wildman–Crippen MR) is 87.7 cm³/mol. The number of rotatable bonds is 4. The quantitative estimate of drug-likeness (QED) is 0.920. The monoisotopic (exact) mass is 316 g/mol. The van der Waals surface area contributed by atoms with Gasteiger partial charge in [-0.05, 0) is 49.4 Å². The number of nitrogens with zero attached hydrogens (tertiary/aromatic N) is 2. The summed E-state index contributed by atoms with van der Waals surface area (Å²) in [6, 6.07) is 6.13. The SMILES string of the molecule is CC(CC(=O)O)N1CCN(C(=O)c2ccc3c(c2)CCC3)CC1. The number of amides is 1. The Morgan fingerprint density at radius 2 is 1.83 bits per heavy atom. The molecule has 5 nitrogen and oxygen atoms in total. The molecule has 1 amide bonds. The Morgan fingerprint density at radius 3 is 2.52 bits per heavy atom. The van der Waals surface area contributed by atoms with E-state index in [0.717, 1.165) is 31.5 Å². The molecule has 1 heterocycles. The third-order valence-electron chi connectivity index (χ3n) is 5.04. The first-order chi connectivity index (χ1) is 11.0. The van der Waals surface area contributed by atoms with Gasteiger partial charge in [0.25, 0.3) is 5.91 Å². The van der Waals surface area contributed by atoms with E-state index in [0.29, 0.717) is 13.1 Å². The molecule has 124 valence electrons. The molecule has 1 fully saturated rings. The number of aliphatic carboxylic acids is 1. The first kappa shape index (κ1) is 16.0. The first-order valence-electron chi connectivity index (χ1n) is 8.41. The molecule has 1 aromatic rings. The molecule has 1 atom stereocenters. The zero-order valence-corrected chi connectivity index (χ0v) is 13.6. The van der Waals surface area contributed by atoms with E-state index in [4.69, 9.17) is 5.11 Å². The lowest BCUT2D eigenvalue weighted by molar-refractivity contribution is -0.138. The van der Waals surface area contributed by atoms with E-state index in [1.807, 2.05) is 17.9 Å². The molecule has 5 heteroatoms. The third kappa shape index (κ3) is 3.55. The number of hydrogen-bond acceptors (Lipinski definition) is 3. The van der Waals surface area contributed by atoms with E-state index in [1.54, 1.807) is 0 Å². The highest BCUT2D eigenvalue weighted by molar-refractivity contribution is 5.94. The van der Waals surface area contributed by atoms with Gasteiger partial charge in [0.15, 0.2) is 0 Å². The second kappa shape index (κ2) is 6.71. The van der Waals surface area contributed by atoms with Gasteiger partial charge in [-0.15, -0.1) is 0 Å². The Labute approximate surface area is 136 Å². The van der Waals surface area contributed by atoms with Crippen molar-refractivity contribution in [3.05, 3.63) is 34.9 Å². The fourth-order valence-corrected chi connectivity index (χ4v) is 3.64. The molecule has 0 saturated carbocycles. The van der Waals surface area contributed by atoms with E-state index >= 15 is 0 Å². The molecule has 0 aromatic heterocycles.